The first-order chi connectivity index (χ1) is 10.5. The summed E-state index contributed by atoms with van der Waals surface area (Å²) in [5.74, 6) is -1.16. The molecule has 0 aliphatic rings. The van der Waals surface area contributed by atoms with Crippen molar-refractivity contribution in [1.29, 1.82) is 5.26 Å². The smallest absolute Gasteiger partial charge is 0.408 e. The number of ether oxygens (including phenoxy) is 1. The number of nitrogens with zero attached hydrogens (tertiary/aromatic N) is 1. The summed E-state index contributed by atoms with van der Waals surface area (Å²) in [6, 6.07) is 7.43. The van der Waals surface area contributed by atoms with Gasteiger partial charge in [-0.1, -0.05) is 26.0 Å². The minimum atomic E-state index is -1.18. The van der Waals surface area contributed by atoms with Crippen LogP contribution in [-0.2, 0) is 14.9 Å². The summed E-state index contributed by atoms with van der Waals surface area (Å²) in [5.41, 5.74) is -0.431. The molecule has 1 amide bonds. The first kappa shape index (κ1) is 18.5. The van der Waals surface area contributed by atoms with E-state index in [1.807, 2.05) is 6.07 Å². The molecular formula is C17H22N2O4. The number of nitrogens with one attached hydrogen (secondary N) is 1. The minimum Gasteiger partial charge on any atom is -0.480 e. The maximum absolute atomic E-state index is 11.9. The van der Waals surface area contributed by atoms with Crippen molar-refractivity contribution in [3.05, 3.63) is 35.4 Å². The molecule has 0 aliphatic heterocycles. The average Bonchev–Trinajstić information content (AvgIpc) is 2.42. The second-order valence-corrected chi connectivity index (χ2v) is 6.83. The number of nitriles is 1. The average molecular weight is 318 g/mol. The molecule has 0 spiro atoms. The Hall–Kier alpha value is -2.55. The monoisotopic (exact) mass is 318 g/mol. The number of carbonyl (C=O) groups excluding carboxylic acids is 1. The SMILES string of the molecule is CC(C)(C)OC(=O)NC(C(=O)O)C(C)(C)c1ccc(C#N)cc1. The zero-order valence-electron chi connectivity index (χ0n) is 14.0. The highest BCUT2D eigenvalue weighted by Gasteiger charge is 2.38. The molecule has 6 nitrogen and oxygen atoms in total. The van der Waals surface area contributed by atoms with E-state index in [4.69, 9.17) is 10.00 Å². The van der Waals surface area contributed by atoms with Gasteiger partial charge in [-0.05, 0) is 38.5 Å². The van der Waals surface area contributed by atoms with E-state index in [9.17, 15) is 14.7 Å². The molecule has 1 rings (SSSR count). The van der Waals surface area contributed by atoms with E-state index in [2.05, 4.69) is 5.32 Å². The van der Waals surface area contributed by atoms with Gasteiger partial charge < -0.3 is 15.2 Å². The molecule has 1 atom stereocenters. The lowest BCUT2D eigenvalue weighted by Crippen LogP contribution is -2.53. The van der Waals surface area contributed by atoms with E-state index in [1.54, 1.807) is 58.9 Å². The zero-order chi connectivity index (χ0) is 17.8. The highest BCUT2D eigenvalue weighted by atomic mass is 16.6. The van der Waals surface area contributed by atoms with E-state index in [0.717, 1.165) is 0 Å². The van der Waals surface area contributed by atoms with Crippen molar-refractivity contribution in [1.82, 2.24) is 5.32 Å². The number of rotatable bonds is 4. The molecule has 1 aromatic carbocycles. The fraction of sp³-hybridized carbons (Fsp3) is 0.471. The van der Waals surface area contributed by atoms with E-state index in [1.165, 1.54) is 0 Å². The molecular weight excluding hydrogens is 296 g/mol. The van der Waals surface area contributed by atoms with Gasteiger partial charge in [-0.3, -0.25) is 0 Å². The zero-order valence-corrected chi connectivity index (χ0v) is 14.0. The van der Waals surface area contributed by atoms with Crippen LogP contribution in [0.3, 0.4) is 0 Å². The van der Waals surface area contributed by atoms with Gasteiger partial charge in [0.05, 0.1) is 11.6 Å². The molecule has 1 aromatic rings. The van der Waals surface area contributed by atoms with Gasteiger partial charge in [-0.25, -0.2) is 9.59 Å². The second-order valence-electron chi connectivity index (χ2n) is 6.83. The molecule has 124 valence electrons. The molecule has 6 heteroatoms. The van der Waals surface area contributed by atoms with Gasteiger partial charge >= 0.3 is 12.1 Å². The number of carboxylic acids is 1. The van der Waals surface area contributed by atoms with Gasteiger partial charge in [0.2, 0.25) is 0 Å². The van der Waals surface area contributed by atoms with Crippen LogP contribution in [0.15, 0.2) is 24.3 Å². The fourth-order valence-electron chi connectivity index (χ4n) is 2.12. The van der Waals surface area contributed by atoms with Crippen LogP contribution in [0, 0.1) is 11.3 Å². The maximum Gasteiger partial charge on any atom is 0.408 e. The van der Waals surface area contributed by atoms with Crippen molar-refractivity contribution >= 4 is 12.1 Å². The summed E-state index contributed by atoms with van der Waals surface area (Å²) in [5, 5.41) is 20.7. The van der Waals surface area contributed by atoms with Crippen LogP contribution >= 0.6 is 0 Å². The van der Waals surface area contributed by atoms with Crippen molar-refractivity contribution in [2.45, 2.75) is 51.7 Å². The lowest BCUT2D eigenvalue weighted by molar-refractivity contribution is -0.141. The molecule has 0 fully saturated rings. The lowest BCUT2D eigenvalue weighted by atomic mass is 9.77. The molecule has 0 saturated heterocycles. The Morgan fingerprint density at radius 2 is 1.70 bits per heavy atom. The van der Waals surface area contributed by atoms with Gasteiger partial charge in [0, 0.05) is 5.41 Å². The predicted octanol–water partition coefficient (Wildman–Crippen LogP) is 2.81. The van der Waals surface area contributed by atoms with Crippen LogP contribution in [0.1, 0.15) is 45.7 Å². The largest absolute Gasteiger partial charge is 0.480 e. The minimum absolute atomic E-state index is 0.483. The molecule has 0 aliphatic carbocycles. The molecule has 0 bridgehead atoms. The summed E-state index contributed by atoms with van der Waals surface area (Å²) in [4.78, 5) is 23.5. The number of hydrogen-bond acceptors (Lipinski definition) is 4. The summed E-state index contributed by atoms with van der Waals surface area (Å²) >= 11 is 0. The van der Waals surface area contributed by atoms with Crippen LogP contribution in [-0.4, -0.2) is 28.8 Å². The third-order valence-corrected chi connectivity index (χ3v) is 3.39. The van der Waals surface area contributed by atoms with Crippen LogP contribution in [0.4, 0.5) is 4.79 Å². The first-order valence-electron chi connectivity index (χ1n) is 7.20. The highest BCUT2D eigenvalue weighted by Crippen LogP contribution is 2.28. The summed E-state index contributed by atoms with van der Waals surface area (Å²) in [6.45, 7) is 8.53. The first-order valence-corrected chi connectivity index (χ1v) is 7.20. The van der Waals surface area contributed by atoms with Crippen molar-refractivity contribution in [2.24, 2.45) is 0 Å². The molecule has 23 heavy (non-hydrogen) atoms. The Kier molecular flexibility index (Phi) is 5.38. The maximum atomic E-state index is 11.9. The number of alkyl carbamates (subject to hydrolysis) is 1. The Bertz CT molecular complexity index is 621. The lowest BCUT2D eigenvalue weighted by Gasteiger charge is -2.33. The van der Waals surface area contributed by atoms with E-state index < -0.39 is 29.1 Å². The van der Waals surface area contributed by atoms with E-state index in [0.29, 0.717) is 11.1 Å². The quantitative estimate of drug-likeness (QED) is 0.889. The number of benzene rings is 1. The van der Waals surface area contributed by atoms with Crippen molar-refractivity contribution < 1.29 is 19.4 Å². The summed E-state index contributed by atoms with van der Waals surface area (Å²) < 4.78 is 5.13. The van der Waals surface area contributed by atoms with Gasteiger partial charge in [0.1, 0.15) is 11.6 Å². The Balaban J connectivity index is 3.04. The van der Waals surface area contributed by atoms with Gasteiger partial charge in [0.15, 0.2) is 0 Å². The number of carboxylic acid groups (broad SMARTS) is 1. The van der Waals surface area contributed by atoms with Crippen LogP contribution in [0.25, 0.3) is 0 Å². The van der Waals surface area contributed by atoms with Crippen molar-refractivity contribution in [3.8, 4) is 6.07 Å². The van der Waals surface area contributed by atoms with E-state index >= 15 is 0 Å². The third kappa shape index (κ3) is 4.99. The fourth-order valence-corrected chi connectivity index (χ4v) is 2.12. The molecule has 0 heterocycles. The van der Waals surface area contributed by atoms with Crippen LogP contribution in [0.2, 0.25) is 0 Å². The third-order valence-electron chi connectivity index (χ3n) is 3.39. The second kappa shape index (κ2) is 6.69. The topological polar surface area (TPSA) is 99.4 Å². The number of amides is 1. The van der Waals surface area contributed by atoms with Gasteiger partial charge in [-0.2, -0.15) is 5.26 Å². The Morgan fingerprint density at radius 1 is 1.17 bits per heavy atom. The molecule has 0 radical (unpaired) electrons. The summed E-state index contributed by atoms with van der Waals surface area (Å²) in [7, 11) is 0. The van der Waals surface area contributed by atoms with Gasteiger partial charge in [-0.15, -0.1) is 0 Å². The number of aliphatic carboxylic acids is 1. The normalized spacial score (nSPS) is 12.9. The van der Waals surface area contributed by atoms with Crippen molar-refractivity contribution in [2.75, 3.05) is 0 Å². The molecule has 0 aromatic heterocycles. The van der Waals surface area contributed by atoms with Crippen LogP contribution < -0.4 is 5.32 Å². The standard InChI is InChI=1S/C17H22N2O4/c1-16(2,3)23-15(22)19-13(14(20)21)17(4,5)12-8-6-11(10-18)7-9-12/h6-9,13H,1-5H3,(H,19,22)(H,20,21). The van der Waals surface area contributed by atoms with Crippen molar-refractivity contribution in [3.63, 3.8) is 0 Å². The van der Waals surface area contributed by atoms with E-state index in [-0.39, 0.29) is 0 Å². The Morgan fingerprint density at radius 3 is 2.09 bits per heavy atom. The van der Waals surface area contributed by atoms with Gasteiger partial charge in [0.25, 0.3) is 0 Å². The molecule has 0 saturated carbocycles. The number of hydrogen-bond donors (Lipinski definition) is 2. The molecule has 2 N–H and O–H groups in total. The summed E-state index contributed by atoms with van der Waals surface area (Å²) in [6.07, 6.45) is -0.786. The Labute approximate surface area is 136 Å². The van der Waals surface area contributed by atoms with Crippen LogP contribution in [0.5, 0.6) is 0 Å². The molecule has 1 unspecified atom stereocenters. The number of carbonyl (C=O) groups is 2. The predicted molar refractivity (Wildman–Crippen MR) is 85.0 cm³/mol. The highest BCUT2D eigenvalue weighted by molar-refractivity contribution is 5.82.